The Labute approximate surface area is 120 Å². The first-order valence-electron chi connectivity index (χ1n) is 7.24. The summed E-state index contributed by atoms with van der Waals surface area (Å²) in [6.45, 7) is 5.26. The van der Waals surface area contributed by atoms with E-state index in [2.05, 4.69) is 24.8 Å². The van der Waals surface area contributed by atoms with Gasteiger partial charge in [-0.3, -0.25) is 9.69 Å². The van der Waals surface area contributed by atoms with Gasteiger partial charge in [0.25, 0.3) is 0 Å². The van der Waals surface area contributed by atoms with Gasteiger partial charge in [-0.05, 0) is 31.4 Å². The molecule has 0 aliphatic carbocycles. The van der Waals surface area contributed by atoms with Crippen molar-refractivity contribution in [2.75, 3.05) is 13.7 Å². The molecule has 2 unspecified atom stereocenters. The molecule has 2 N–H and O–H groups in total. The molecule has 4 nitrogen and oxygen atoms in total. The molecule has 1 heterocycles. The van der Waals surface area contributed by atoms with Gasteiger partial charge in [0.2, 0.25) is 5.91 Å². The van der Waals surface area contributed by atoms with Crippen LogP contribution in [0.1, 0.15) is 38.3 Å². The topological polar surface area (TPSA) is 55.6 Å². The third-order valence-electron chi connectivity index (χ3n) is 4.07. The Morgan fingerprint density at radius 2 is 2.10 bits per heavy atom. The van der Waals surface area contributed by atoms with E-state index < -0.39 is 0 Å². The van der Waals surface area contributed by atoms with Crippen LogP contribution in [0.5, 0.6) is 5.75 Å². The Bertz CT molecular complexity index is 473. The van der Waals surface area contributed by atoms with Gasteiger partial charge < -0.3 is 10.5 Å². The maximum atomic E-state index is 11.7. The van der Waals surface area contributed by atoms with E-state index in [1.807, 2.05) is 18.2 Å². The molecule has 1 saturated heterocycles. The van der Waals surface area contributed by atoms with Crippen LogP contribution in [0, 0.1) is 5.92 Å². The standard InChI is InChI=1S/C16H24N2O2/c1-11(2)15(12-7-4-5-9-14(12)20-3)18-10-6-8-13(18)16(17)19/h4-5,7,9,11,13,15H,6,8,10H2,1-3H3,(H2,17,19). The number of hydrogen-bond donors (Lipinski definition) is 1. The van der Waals surface area contributed by atoms with Crippen molar-refractivity contribution in [2.45, 2.75) is 38.8 Å². The number of methoxy groups -OCH3 is 1. The third-order valence-corrected chi connectivity index (χ3v) is 4.07. The fourth-order valence-corrected chi connectivity index (χ4v) is 3.26. The number of carbonyl (C=O) groups excluding carboxylic acids is 1. The zero-order valence-corrected chi connectivity index (χ0v) is 12.5. The Hall–Kier alpha value is -1.55. The molecule has 0 bridgehead atoms. The number of nitrogens with zero attached hydrogens (tertiary/aromatic N) is 1. The molecule has 1 aliphatic heterocycles. The van der Waals surface area contributed by atoms with Gasteiger partial charge in [-0.25, -0.2) is 0 Å². The van der Waals surface area contributed by atoms with Crippen LogP contribution in [0.2, 0.25) is 0 Å². The van der Waals surface area contributed by atoms with E-state index in [1.165, 1.54) is 0 Å². The zero-order chi connectivity index (χ0) is 14.7. The van der Waals surface area contributed by atoms with Gasteiger partial charge in [-0.15, -0.1) is 0 Å². The van der Waals surface area contributed by atoms with Crippen LogP contribution in [0.3, 0.4) is 0 Å². The smallest absolute Gasteiger partial charge is 0.234 e. The second-order valence-corrected chi connectivity index (χ2v) is 5.73. The summed E-state index contributed by atoms with van der Waals surface area (Å²) in [5, 5.41) is 0. The molecule has 1 aromatic rings. The number of benzene rings is 1. The predicted molar refractivity (Wildman–Crippen MR) is 79.5 cm³/mol. The Kier molecular flexibility index (Phi) is 4.65. The number of rotatable bonds is 5. The molecular formula is C16H24N2O2. The van der Waals surface area contributed by atoms with E-state index in [0.717, 1.165) is 30.7 Å². The Balaban J connectivity index is 2.38. The largest absolute Gasteiger partial charge is 0.496 e. The molecule has 110 valence electrons. The number of nitrogens with two attached hydrogens (primary N) is 1. The van der Waals surface area contributed by atoms with E-state index in [-0.39, 0.29) is 18.0 Å². The quantitative estimate of drug-likeness (QED) is 0.898. The van der Waals surface area contributed by atoms with Crippen LogP contribution in [0.15, 0.2) is 24.3 Å². The maximum absolute atomic E-state index is 11.7. The molecule has 20 heavy (non-hydrogen) atoms. The Morgan fingerprint density at radius 3 is 2.70 bits per heavy atom. The molecule has 1 aromatic carbocycles. The normalized spacial score (nSPS) is 21.1. The average Bonchev–Trinajstić information content (AvgIpc) is 2.88. The molecule has 1 aliphatic rings. The van der Waals surface area contributed by atoms with Gasteiger partial charge in [0.15, 0.2) is 0 Å². The van der Waals surface area contributed by atoms with Crippen molar-refractivity contribution >= 4 is 5.91 Å². The molecule has 1 amide bonds. The number of hydrogen-bond acceptors (Lipinski definition) is 3. The average molecular weight is 276 g/mol. The number of ether oxygens (including phenoxy) is 1. The highest BCUT2D eigenvalue weighted by Gasteiger charge is 2.37. The number of para-hydroxylation sites is 1. The van der Waals surface area contributed by atoms with Gasteiger partial charge in [0.05, 0.1) is 13.2 Å². The van der Waals surface area contributed by atoms with Gasteiger partial charge >= 0.3 is 0 Å². The molecule has 4 heteroatoms. The summed E-state index contributed by atoms with van der Waals surface area (Å²) in [6.07, 6.45) is 1.87. The first-order valence-corrected chi connectivity index (χ1v) is 7.24. The number of amides is 1. The second kappa shape index (κ2) is 6.27. The van der Waals surface area contributed by atoms with Gasteiger partial charge in [-0.1, -0.05) is 32.0 Å². The van der Waals surface area contributed by atoms with Crippen LogP contribution in [0.25, 0.3) is 0 Å². The molecule has 0 saturated carbocycles. The number of primary amides is 1. The van der Waals surface area contributed by atoms with E-state index in [0.29, 0.717) is 5.92 Å². The fourth-order valence-electron chi connectivity index (χ4n) is 3.26. The fraction of sp³-hybridized carbons (Fsp3) is 0.562. The van der Waals surface area contributed by atoms with Crippen LogP contribution < -0.4 is 10.5 Å². The lowest BCUT2D eigenvalue weighted by atomic mass is 9.93. The molecular weight excluding hydrogens is 252 g/mol. The molecule has 0 aromatic heterocycles. The van der Waals surface area contributed by atoms with Crippen molar-refractivity contribution in [1.82, 2.24) is 4.90 Å². The van der Waals surface area contributed by atoms with E-state index in [9.17, 15) is 4.79 Å². The van der Waals surface area contributed by atoms with Crippen molar-refractivity contribution in [3.8, 4) is 5.75 Å². The monoisotopic (exact) mass is 276 g/mol. The first kappa shape index (κ1) is 14.9. The summed E-state index contributed by atoms with van der Waals surface area (Å²) < 4.78 is 5.49. The molecule has 2 atom stereocenters. The van der Waals surface area contributed by atoms with Crippen LogP contribution in [0.4, 0.5) is 0 Å². The predicted octanol–water partition coefficient (Wildman–Crippen LogP) is 2.34. The van der Waals surface area contributed by atoms with Crippen LogP contribution >= 0.6 is 0 Å². The van der Waals surface area contributed by atoms with Gasteiger partial charge in [0, 0.05) is 11.6 Å². The molecule has 0 radical (unpaired) electrons. The molecule has 0 spiro atoms. The summed E-state index contributed by atoms with van der Waals surface area (Å²) in [6, 6.07) is 8.04. The Morgan fingerprint density at radius 1 is 1.40 bits per heavy atom. The highest BCUT2D eigenvalue weighted by molar-refractivity contribution is 5.80. The summed E-state index contributed by atoms with van der Waals surface area (Å²) in [4.78, 5) is 13.9. The molecule has 2 rings (SSSR count). The van der Waals surface area contributed by atoms with Gasteiger partial charge in [0.1, 0.15) is 5.75 Å². The minimum absolute atomic E-state index is 0.158. The highest BCUT2D eigenvalue weighted by Crippen LogP contribution is 2.38. The second-order valence-electron chi connectivity index (χ2n) is 5.73. The molecule has 1 fully saturated rings. The number of carbonyl (C=O) groups is 1. The zero-order valence-electron chi connectivity index (χ0n) is 12.5. The lowest BCUT2D eigenvalue weighted by Gasteiger charge is -2.35. The van der Waals surface area contributed by atoms with Crippen molar-refractivity contribution in [1.29, 1.82) is 0 Å². The minimum Gasteiger partial charge on any atom is -0.496 e. The van der Waals surface area contributed by atoms with E-state index >= 15 is 0 Å². The highest BCUT2D eigenvalue weighted by atomic mass is 16.5. The van der Waals surface area contributed by atoms with E-state index in [4.69, 9.17) is 10.5 Å². The summed E-state index contributed by atoms with van der Waals surface area (Å²) in [5.41, 5.74) is 6.70. The van der Waals surface area contributed by atoms with Crippen molar-refractivity contribution in [2.24, 2.45) is 11.7 Å². The van der Waals surface area contributed by atoms with Crippen LogP contribution in [-0.2, 0) is 4.79 Å². The summed E-state index contributed by atoms with van der Waals surface area (Å²) >= 11 is 0. The summed E-state index contributed by atoms with van der Waals surface area (Å²) in [7, 11) is 1.69. The van der Waals surface area contributed by atoms with Crippen molar-refractivity contribution in [3.63, 3.8) is 0 Å². The SMILES string of the molecule is COc1ccccc1C(C(C)C)N1CCCC1C(N)=O. The van der Waals surface area contributed by atoms with Crippen molar-refractivity contribution < 1.29 is 9.53 Å². The van der Waals surface area contributed by atoms with Crippen molar-refractivity contribution in [3.05, 3.63) is 29.8 Å². The maximum Gasteiger partial charge on any atom is 0.234 e. The van der Waals surface area contributed by atoms with E-state index in [1.54, 1.807) is 7.11 Å². The third kappa shape index (κ3) is 2.80. The summed E-state index contributed by atoms with van der Waals surface area (Å²) in [5.74, 6) is 1.04. The van der Waals surface area contributed by atoms with Crippen LogP contribution in [-0.4, -0.2) is 30.5 Å². The lowest BCUT2D eigenvalue weighted by molar-refractivity contribution is -0.123. The number of likely N-dealkylation sites (tertiary alicyclic amines) is 1. The van der Waals surface area contributed by atoms with Gasteiger partial charge in [-0.2, -0.15) is 0 Å². The first-order chi connectivity index (χ1) is 9.56. The minimum atomic E-state index is -0.219. The lowest BCUT2D eigenvalue weighted by Crippen LogP contribution is -2.43.